The largest absolute Gasteiger partial charge is 0.457 e. The van der Waals surface area contributed by atoms with Crippen LogP contribution in [0.5, 0.6) is 0 Å². The predicted octanol–water partition coefficient (Wildman–Crippen LogP) is 7.29. The minimum absolute atomic E-state index is 0.222. The molecule has 2 N–H and O–H groups in total. The summed E-state index contributed by atoms with van der Waals surface area (Å²) in [6.07, 6.45) is 4.00. The van der Waals surface area contributed by atoms with Crippen molar-refractivity contribution < 1.29 is 9.21 Å². The third kappa shape index (κ3) is 6.69. The highest BCUT2D eigenvalue weighted by Crippen LogP contribution is 2.29. The second-order valence-electron chi connectivity index (χ2n) is 7.07. The zero-order valence-electron chi connectivity index (χ0n) is 17.1. The molecule has 3 rings (SSSR count). The maximum absolute atomic E-state index is 12.2. The van der Waals surface area contributed by atoms with E-state index in [0.717, 1.165) is 17.7 Å². The smallest absolute Gasteiger partial charge is 0.250 e. The molecule has 31 heavy (non-hydrogen) atoms. The number of halogens is 2. The zero-order valence-corrected chi connectivity index (χ0v) is 19.4. The summed E-state index contributed by atoms with van der Waals surface area (Å²) < 4.78 is 5.74. The molecule has 0 fully saturated rings. The van der Waals surface area contributed by atoms with Crippen molar-refractivity contribution in [3.63, 3.8) is 0 Å². The maximum Gasteiger partial charge on any atom is 0.250 e. The van der Waals surface area contributed by atoms with Crippen molar-refractivity contribution in [1.82, 2.24) is 5.32 Å². The number of hydrogen-bond acceptors (Lipinski definition) is 3. The van der Waals surface area contributed by atoms with E-state index in [1.165, 1.54) is 11.6 Å². The number of thiocarbonyl (C=S) groups is 1. The highest BCUT2D eigenvalue weighted by Gasteiger charge is 2.07. The summed E-state index contributed by atoms with van der Waals surface area (Å²) >= 11 is 17.3. The molecule has 0 bridgehead atoms. The second-order valence-corrected chi connectivity index (χ2v) is 8.35. The van der Waals surface area contributed by atoms with E-state index in [0.29, 0.717) is 27.5 Å². The van der Waals surface area contributed by atoms with Crippen LogP contribution in [0.1, 0.15) is 37.5 Å². The maximum atomic E-state index is 12.2. The lowest BCUT2D eigenvalue weighted by Gasteiger charge is -2.11. The molecule has 2 aromatic carbocycles. The van der Waals surface area contributed by atoms with E-state index < -0.39 is 0 Å². The number of carbonyl (C=O) groups is 1. The van der Waals surface area contributed by atoms with Gasteiger partial charge in [0.05, 0.1) is 0 Å². The fourth-order valence-electron chi connectivity index (χ4n) is 2.90. The molecule has 0 aliphatic carbocycles. The third-order valence-corrected chi connectivity index (χ3v) is 5.40. The van der Waals surface area contributed by atoms with Gasteiger partial charge >= 0.3 is 0 Å². The molecule has 0 aliphatic rings. The Morgan fingerprint density at radius 1 is 1.10 bits per heavy atom. The van der Waals surface area contributed by atoms with E-state index in [9.17, 15) is 4.79 Å². The number of anilines is 1. The first-order chi connectivity index (χ1) is 14.8. The fourth-order valence-corrected chi connectivity index (χ4v) is 3.64. The zero-order chi connectivity index (χ0) is 22.4. The molecule has 0 saturated carbocycles. The SMILES string of the molecule is CCC(C)c1ccc(NC(=S)NC(=O)/C=C/c2ccc(-c3cc(Cl)cc(Cl)c3)o2)cc1. The van der Waals surface area contributed by atoms with Crippen LogP contribution in [0.15, 0.2) is 65.1 Å². The second kappa shape index (κ2) is 10.6. The van der Waals surface area contributed by atoms with Gasteiger partial charge in [-0.3, -0.25) is 10.1 Å². The molecule has 0 aliphatic heterocycles. The van der Waals surface area contributed by atoms with Gasteiger partial charge in [0, 0.05) is 27.4 Å². The Kier molecular flexibility index (Phi) is 7.91. The van der Waals surface area contributed by atoms with Crippen LogP contribution in [0.4, 0.5) is 5.69 Å². The van der Waals surface area contributed by atoms with E-state index in [2.05, 4.69) is 36.6 Å². The van der Waals surface area contributed by atoms with Crippen LogP contribution in [-0.2, 0) is 4.79 Å². The van der Waals surface area contributed by atoms with Crippen LogP contribution in [0.3, 0.4) is 0 Å². The van der Waals surface area contributed by atoms with Crippen LogP contribution in [0.2, 0.25) is 10.0 Å². The number of hydrogen-bond donors (Lipinski definition) is 2. The number of carbonyl (C=O) groups excluding carboxylic acids is 1. The summed E-state index contributed by atoms with van der Waals surface area (Å²) in [5.74, 6) is 1.25. The molecule has 1 aromatic heterocycles. The first-order valence-corrected chi connectivity index (χ1v) is 11.0. The van der Waals surface area contributed by atoms with Crippen LogP contribution in [0.25, 0.3) is 17.4 Å². The van der Waals surface area contributed by atoms with Gasteiger partial charge in [-0.15, -0.1) is 0 Å². The Hall–Kier alpha value is -2.60. The summed E-state index contributed by atoms with van der Waals surface area (Å²) in [4.78, 5) is 12.2. The number of benzene rings is 2. The minimum Gasteiger partial charge on any atom is -0.457 e. The summed E-state index contributed by atoms with van der Waals surface area (Å²) in [5, 5.41) is 6.89. The number of amides is 1. The lowest BCUT2D eigenvalue weighted by molar-refractivity contribution is -0.115. The molecule has 1 amide bonds. The van der Waals surface area contributed by atoms with Crippen molar-refractivity contribution in [1.29, 1.82) is 0 Å². The number of furan rings is 1. The van der Waals surface area contributed by atoms with Gasteiger partial charge in [-0.25, -0.2) is 0 Å². The molecule has 1 unspecified atom stereocenters. The molecular weight excluding hydrogens is 451 g/mol. The Morgan fingerprint density at radius 2 is 1.77 bits per heavy atom. The molecule has 7 heteroatoms. The normalized spacial score (nSPS) is 12.0. The van der Waals surface area contributed by atoms with Crippen molar-refractivity contribution in [3.8, 4) is 11.3 Å². The molecular formula is C24H22Cl2N2O2S. The monoisotopic (exact) mass is 472 g/mol. The van der Waals surface area contributed by atoms with Gasteiger partial charge in [-0.2, -0.15) is 0 Å². The summed E-state index contributed by atoms with van der Waals surface area (Å²) in [5.41, 5.74) is 2.84. The Bertz CT molecular complexity index is 1090. The summed E-state index contributed by atoms with van der Waals surface area (Å²) in [6.45, 7) is 4.34. The van der Waals surface area contributed by atoms with Crippen molar-refractivity contribution in [2.24, 2.45) is 0 Å². The van der Waals surface area contributed by atoms with Gasteiger partial charge in [-0.1, -0.05) is 49.2 Å². The highest BCUT2D eigenvalue weighted by molar-refractivity contribution is 7.80. The molecule has 4 nitrogen and oxygen atoms in total. The lowest BCUT2D eigenvalue weighted by atomic mass is 9.99. The quantitative estimate of drug-likeness (QED) is 0.292. The van der Waals surface area contributed by atoms with Crippen LogP contribution in [-0.4, -0.2) is 11.0 Å². The Morgan fingerprint density at radius 3 is 2.42 bits per heavy atom. The summed E-state index contributed by atoms with van der Waals surface area (Å²) in [7, 11) is 0. The van der Waals surface area contributed by atoms with Gasteiger partial charge in [-0.05, 0) is 78.7 Å². The highest BCUT2D eigenvalue weighted by atomic mass is 35.5. The summed E-state index contributed by atoms with van der Waals surface area (Å²) in [6, 6.07) is 16.7. The molecule has 0 saturated heterocycles. The standard InChI is InChI=1S/C24H22Cl2N2O2S/c1-3-15(2)16-4-6-20(7-5-16)27-24(31)28-23(29)11-9-21-8-10-22(30-21)17-12-18(25)14-19(26)13-17/h4-15H,3H2,1-2H3,(H2,27,28,29,31)/b11-9+. The molecule has 0 spiro atoms. The molecule has 160 valence electrons. The van der Waals surface area contributed by atoms with Crippen molar-refractivity contribution in [2.75, 3.05) is 5.32 Å². The van der Waals surface area contributed by atoms with E-state index in [-0.39, 0.29) is 11.0 Å². The average Bonchev–Trinajstić information content (AvgIpc) is 3.20. The fraction of sp³-hybridized carbons (Fsp3) is 0.167. The first-order valence-electron chi connectivity index (χ1n) is 9.80. The van der Waals surface area contributed by atoms with E-state index in [4.69, 9.17) is 39.8 Å². The molecule has 3 aromatic rings. The van der Waals surface area contributed by atoms with E-state index >= 15 is 0 Å². The number of nitrogens with one attached hydrogen (secondary N) is 2. The van der Waals surface area contributed by atoms with E-state index in [1.807, 2.05) is 12.1 Å². The van der Waals surface area contributed by atoms with Crippen molar-refractivity contribution >= 4 is 58.2 Å². The van der Waals surface area contributed by atoms with Gasteiger partial charge in [0.15, 0.2) is 5.11 Å². The van der Waals surface area contributed by atoms with Gasteiger partial charge < -0.3 is 9.73 Å². The topological polar surface area (TPSA) is 54.3 Å². The van der Waals surface area contributed by atoms with Gasteiger partial charge in [0.1, 0.15) is 11.5 Å². The Balaban J connectivity index is 1.55. The number of rotatable bonds is 6. The molecule has 1 atom stereocenters. The predicted molar refractivity (Wildman–Crippen MR) is 133 cm³/mol. The first kappa shape index (κ1) is 23.1. The molecule has 0 radical (unpaired) electrons. The lowest BCUT2D eigenvalue weighted by Crippen LogP contribution is -2.32. The van der Waals surface area contributed by atoms with Gasteiger partial charge in [0.2, 0.25) is 5.91 Å². The Labute approximate surface area is 197 Å². The van der Waals surface area contributed by atoms with Gasteiger partial charge in [0.25, 0.3) is 0 Å². The van der Waals surface area contributed by atoms with Crippen molar-refractivity contribution in [3.05, 3.63) is 82.0 Å². The molecule has 1 heterocycles. The van der Waals surface area contributed by atoms with Crippen LogP contribution < -0.4 is 10.6 Å². The minimum atomic E-state index is -0.363. The van der Waals surface area contributed by atoms with Crippen LogP contribution in [0, 0.1) is 0 Å². The van der Waals surface area contributed by atoms with Crippen LogP contribution >= 0.6 is 35.4 Å². The van der Waals surface area contributed by atoms with Crippen molar-refractivity contribution in [2.45, 2.75) is 26.2 Å². The van der Waals surface area contributed by atoms with E-state index in [1.54, 1.807) is 36.4 Å². The average molecular weight is 473 g/mol. The third-order valence-electron chi connectivity index (χ3n) is 4.76.